The van der Waals surface area contributed by atoms with Crippen LogP contribution in [-0.4, -0.2) is 52.3 Å². The van der Waals surface area contributed by atoms with Crippen molar-refractivity contribution in [2.75, 3.05) is 20.0 Å². The molecule has 0 aliphatic heterocycles. The van der Waals surface area contributed by atoms with Crippen LogP contribution in [0, 0.1) is 12.8 Å². The van der Waals surface area contributed by atoms with Gasteiger partial charge in [-0.15, -0.1) is 0 Å². The van der Waals surface area contributed by atoms with E-state index in [2.05, 4.69) is 10.1 Å². The molecule has 27 heavy (non-hydrogen) atoms. The fourth-order valence-corrected chi connectivity index (χ4v) is 2.97. The van der Waals surface area contributed by atoms with Crippen LogP contribution in [-0.2, 0) is 28.9 Å². The average Bonchev–Trinajstić information content (AvgIpc) is 2.57. The Morgan fingerprint density at radius 2 is 1.81 bits per heavy atom. The van der Waals surface area contributed by atoms with Gasteiger partial charge in [-0.2, -0.15) is 0 Å². The van der Waals surface area contributed by atoms with E-state index in [1.807, 2.05) is 13.8 Å². The lowest BCUT2D eigenvalue weighted by atomic mass is 10.0. The molecule has 0 saturated heterocycles. The zero-order valence-electron chi connectivity index (χ0n) is 16.1. The van der Waals surface area contributed by atoms with Gasteiger partial charge in [-0.3, -0.25) is 4.79 Å². The van der Waals surface area contributed by atoms with E-state index in [1.165, 1.54) is 25.3 Å². The lowest BCUT2D eigenvalue weighted by molar-refractivity contribution is -0.145. The number of benzene rings is 1. The Kier molecular flexibility index (Phi) is 7.96. The summed E-state index contributed by atoms with van der Waals surface area (Å²) in [6.45, 7) is 4.80. The molecule has 9 heteroatoms. The van der Waals surface area contributed by atoms with Gasteiger partial charge in [-0.05, 0) is 37.0 Å². The van der Waals surface area contributed by atoms with Crippen molar-refractivity contribution in [2.45, 2.75) is 38.1 Å². The summed E-state index contributed by atoms with van der Waals surface area (Å²) in [5.41, 5.74) is 0.567. The van der Waals surface area contributed by atoms with Crippen LogP contribution in [0.3, 0.4) is 0 Å². The molecule has 0 fully saturated rings. The zero-order valence-corrected chi connectivity index (χ0v) is 16.9. The SMILES string of the molecule is COC(=O)C(CC(C)C)NC(=O)COC(=O)c1cc(S(C)(=O)=O)ccc1C. The van der Waals surface area contributed by atoms with Gasteiger partial charge < -0.3 is 14.8 Å². The van der Waals surface area contributed by atoms with Crippen molar-refractivity contribution < 1.29 is 32.3 Å². The number of carbonyl (C=O) groups excluding carboxylic acids is 3. The molecular formula is C18H25NO7S. The number of carbonyl (C=O) groups is 3. The Labute approximate surface area is 159 Å². The maximum atomic E-state index is 12.2. The maximum absolute atomic E-state index is 12.2. The molecule has 0 saturated carbocycles. The van der Waals surface area contributed by atoms with Gasteiger partial charge in [0.2, 0.25) is 0 Å². The molecule has 0 aliphatic carbocycles. The minimum absolute atomic E-state index is 0.0211. The maximum Gasteiger partial charge on any atom is 0.338 e. The van der Waals surface area contributed by atoms with Crippen LogP contribution in [0.1, 0.15) is 36.2 Å². The molecule has 1 rings (SSSR count). The first kappa shape index (κ1) is 22.6. The topological polar surface area (TPSA) is 116 Å². The Balaban J connectivity index is 2.78. The third kappa shape index (κ3) is 7.01. The summed E-state index contributed by atoms with van der Waals surface area (Å²) in [7, 11) is -2.26. The molecule has 0 heterocycles. The van der Waals surface area contributed by atoms with Gasteiger partial charge >= 0.3 is 11.9 Å². The first-order chi connectivity index (χ1) is 12.5. The monoisotopic (exact) mass is 399 g/mol. The highest BCUT2D eigenvalue weighted by Gasteiger charge is 2.23. The van der Waals surface area contributed by atoms with Gasteiger partial charge in [0, 0.05) is 6.26 Å². The first-order valence-electron chi connectivity index (χ1n) is 8.30. The van der Waals surface area contributed by atoms with Crippen LogP contribution >= 0.6 is 0 Å². The smallest absolute Gasteiger partial charge is 0.338 e. The number of nitrogens with one attached hydrogen (secondary N) is 1. The van der Waals surface area contributed by atoms with E-state index < -0.39 is 40.3 Å². The highest BCUT2D eigenvalue weighted by atomic mass is 32.2. The number of esters is 2. The normalized spacial score (nSPS) is 12.4. The molecule has 0 radical (unpaired) electrons. The minimum Gasteiger partial charge on any atom is -0.467 e. The lowest BCUT2D eigenvalue weighted by Gasteiger charge is -2.18. The number of methoxy groups -OCH3 is 1. The summed E-state index contributed by atoms with van der Waals surface area (Å²) in [5, 5.41) is 2.47. The summed E-state index contributed by atoms with van der Waals surface area (Å²) in [5.74, 6) is -1.93. The number of aryl methyl sites for hydroxylation is 1. The van der Waals surface area contributed by atoms with E-state index >= 15 is 0 Å². The molecule has 1 amide bonds. The fraction of sp³-hybridized carbons (Fsp3) is 0.500. The number of ether oxygens (including phenoxy) is 2. The Hall–Kier alpha value is -2.42. The van der Waals surface area contributed by atoms with Crippen LogP contribution in [0.15, 0.2) is 23.1 Å². The van der Waals surface area contributed by atoms with Gasteiger partial charge in [0.05, 0.1) is 17.6 Å². The van der Waals surface area contributed by atoms with E-state index in [9.17, 15) is 22.8 Å². The quantitative estimate of drug-likeness (QED) is 0.654. The number of amides is 1. The van der Waals surface area contributed by atoms with Crippen molar-refractivity contribution in [3.05, 3.63) is 29.3 Å². The van der Waals surface area contributed by atoms with Crippen LogP contribution < -0.4 is 5.32 Å². The standard InChI is InChI=1S/C18H25NO7S/c1-11(2)8-15(18(22)25-4)19-16(20)10-26-17(21)14-9-13(27(5,23)24)7-6-12(14)3/h6-7,9,11,15H,8,10H2,1-5H3,(H,19,20). The van der Waals surface area contributed by atoms with Crippen molar-refractivity contribution in [2.24, 2.45) is 5.92 Å². The zero-order chi connectivity index (χ0) is 20.8. The predicted octanol–water partition coefficient (Wildman–Crippen LogP) is 1.26. The van der Waals surface area contributed by atoms with Crippen LogP contribution in [0.2, 0.25) is 0 Å². The molecule has 150 valence electrons. The Bertz CT molecular complexity index is 815. The molecular weight excluding hydrogens is 374 g/mol. The Morgan fingerprint density at radius 3 is 2.33 bits per heavy atom. The van der Waals surface area contributed by atoms with Gasteiger partial charge in [0.25, 0.3) is 5.91 Å². The molecule has 1 aromatic carbocycles. The summed E-state index contributed by atoms with van der Waals surface area (Å²) < 4.78 is 32.9. The van der Waals surface area contributed by atoms with E-state index in [1.54, 1.807) is 6.92 Å². The molecule has 1 atom stereocenters. The number of rotatable bonds is 8. The van der Waals surface area contributed by atoms with Crippen molar-refractivity contribution in [1.29, 1.82) is 0 Å². The van der Waals surface area contributed by atoms with Crippen LogP contribution in [0.25, 0.3) is 0 Å². The first-order valence-corrected chi connectivity index (χ1v) is 10.2. The summed E-state index contributed by atoms with van der Waals surface area (Å²) in [6, 6.07) is 3.25. The van der Waals surface area contributed by atoms with E-state index in [4.69, 9.17) is 4.74 Å². The number of sulfone groups is 1. The largest absolute Gasteiger partial charge is 0.467 e. The second-order valence-corrected chi connectivity index (χ2v) is 8.61. The van der Waals surface area contributed by atoms with E-state index in [0.717, 1.165) is 6.26 Å². The summed E-state index contributed by atoms with van der Waals surface area (Å²) in [6.07, 6.45) is 1.41. The van der Waals surface area contributed by atoms with Crippen molar-refractivity contribution in [3.63, 3.8) is 0 Å². The van der Waals surface area contributed by atoms with Gasteiger partial charge in [-0.1, -0.05) is 19.9 Å². The highest BCUT2D eigenvalue weighted by Crippen LogP contribution is 2.16. The molecule has 0 aromatic heterocycles. The van der Waals surface area contributed by atoms with E-state index in [-0.39, 0.29) is 16.4 Å². The minimum atomic E-state index is -3.49. The second kappa shape index (κ2) is 9.50. The van der Waals surface area contributed by atoms with Gasteiger partial charge in [0.1, 0.15) is 6.04 Å². The lowest BCUT2D eigenvalue weighted by Crippen LogP contribution is -2.44. The molecule has 8 nitrogen and oxygen atoms in total. The fourth-order valence-electron chi connectivity index (χ4n) is 2.32. The third-order valence-corrected chi connectivity index (χ3v) is 4.83. The molecule has 1 N–H and O–H groups in total. The van der Waals surface area contributed by atoms with Crippen LogP contribution in [0.5, 0.6) is 0 Å². The predicted molar refractivity (Wildman–Crippen MR) is 98.0 cm³/mol. The van der Waals surface area contributed by atoms with Gasteiger partial charge in [0.15, 0.2) is 16.4 Å². The summed E-state index contributed by atoms with van der Waals surface area (Å²) >= 11 is 0. The number of hydrogen-bond acceptors (Lipinski definition) is 7. The van der Waals surface area contributed by atoms with E-state index in [0.29, 0.717) is 12.0 Å². The Morgan fingerprint density at radius 1 is 1.19 bits per heavy atom. The van der Waals surface area contributed by atoms with Gasteiger partial charge in [-0.25, -0.2) is 18.0 Å². The van der Waals surface area contributed by atoms with Crippen LogP contribution in [0.4, 0.5) is 0 Å². The molecule has 0 spiro atoms. The number of hydrogen-bond donors (Lipinski definition) is 1. The van der Waals surface area contributed by atoms with Crippen molar-refractivity contribution in [3.8, 4) is 0 Å². The summed E-state index contributed by atoms with van der Waals surface area (Å²) in [4.78, 5) is 35.9. The molecule has 0 aliphatic rings. The van der Waals surface area contributed by atoms with Crippen molar-refractivity contribution in [1.82, 2.24) is 5.32 Å². The third-order valence-electron chi connectivity index (χ3n) is 3.72. The molecule has 0 bridgehead atoms. The van der Waals surface area contributed by atoms with Crippen molar-refractivity contribution >= 4 is 27.7 Å². The molecule has 1 unspecified atom stereocenters. The average molecular weight is 399 g/mol. The highest BCUT2D eigenvalue weighted by molar-refractivity contribution is 7.90. The molecule has 1 aromatic rings. The second-order valence-electron chi connectivity index (χ2n) is 6.60.